The van der Waals surface area contributed by atoms with Gasteiger partial charge in [0.15, 0.2) is 0 Å². The Bertz CT molecular complexity index is 212. The van der Waals surface area contributed by atoms with Crippen molar-refractivity contribution >= 4 is 8.24 Å². The molecule has 0 radical (unpaired) electrons. The lowest BCUT2D eigenvalue weighted by Crippen LogP contribution is -2.56. The summed E-state index contributed by atoms with van der Waals surface area (Å²) in [6.07, 6.45) is 6.44. The fourth-order valence-corrected chi connectivity index (χ4v) is 6.56. The van der Waals surface area contributed by atoms with Crippen LogP contribution >= 0.6 is 0 Å². The maximum Gasteiger partial charge on any atom is 0.123 e. The molecule has 3 heteroatoms. The molecule has 2 aliphatic rings. The van der Waals surface area contributed by atoms with Crippen LogP contribution in [0.1, 0.15) is 32.6 Å². The van der Waals surface area contributed by atoms with Gasteiger partial charge in [-0.15, -0.1) is 0 Å². The van der Waals surface area contributed by atoms with Crippen LogP contribution < -0.4 is 0 Å². The summed E-state index contributed by atoms with van der Waals surface area (Å²) in [7, 11) is -1.02. The van der Waals surface area contributed by atoms with Crippen LogP contribution in [0.4, 0.5) is 0 Å². The molecule has 15 heavy (non-hydrogen) atoms. The summed E-state index contributed by atoms with van der Waals surface area (Å²) in [5, 5.41) is 0. The molecule has 0 saturated carbocycles. The molecule has 0 aromatic carbocycles. The molecule has 0 N–H and O–H groups in total. The zero-order valence-corrected chi connectivity index (χ0v) is 11.6. The highest BCUT2D eigenvalue weighted by atomic mass is 28.3. The molecule has 2 rings (SSSR count). The van der Waals surface area contributed by atoms with Gasteiger partial charge in [0.05, 0.1) is 6.17 Å². The van der Waals surface area contributed by atoms with Gasteiger partial charge in [0.25, 0.3) is 0 Å². The van der Waals surface area contributed by atoms with Gasteiger partial charge in [0.1, 0.15) is 8.24 Å². The molecule has 0 aromatic rings. The molecule has 0 amide bonds. The quantitative estimate of drug-likeness (QED) is 0.668. The van der Waals surface area contributed by atoms with Gasteiger partial charge < -0.3 is 4.57 Å². The molecule has 88 valence electrons. The molecule has 1 unspecified atom stereocenters. The second kappa shape index (κ2) is 4.56. The van der Waals surface area contributed by atoms with Gasteiger partial charge >= 0.3 is 0 Å². The smallest absolute Gasteiger partial charge is 0.123 e. The van der Waals surface area contributed by atoms with Gasteiger partial charge in [0.2, 0.25) is 0 Å². The molecule has 1 atom stereocenters. The molecule has 2 aliphatic heterocycles. The summed E-state index contributed by atoms with van der Waals surface area (Å²) in [5.74, 6) is 0. The van der Waals surface area contributed by atoms with Crippen molar-refractivity contribution in [2.75, 3.05) is 19.6 Å². The van der Waals surface area contributed by atoms with Crippen LogP contribution in [0.15, 0.2) is 0 Å². The van der Waals surface area contributed by atoms with Crippen LogP contribution in [0.3, 0.4) is 0 Å². The van der Waals surface area contributed by atoms with Crippen LogP contribution in [-0.4, -0.2) is 43.5 Å². The second-order valence-electron chi connectivity index (χ2n) is 5.84. The van der Waals surface area contributed by atoms with Crippen LogP contribution in [0, 0.1) is 0 Å². The predicted octanol–water partition coefficient (Wildman–Crippen LogP) is 2.73. The molecule has 0 bridgehead atoms. The minimum atomic E-state index is -1.02. The summed E-state index contributed by atoms with van der Waals surface area (Å²) in [5.41, 5.74) is 0. The standard InChI is InChI=1S/C12H26N2Si/c1-12(13-8-5-4-6-9-13)14-10-7-11-15(14,2)3/h12H,4-11H2,1-3H3. The topological polar surface area (TPSA) is 6.48 Å². The Labute approximate surface area is 95.7 Å². The zero-order chi connectivity index (χ0) is 10.9. The maximum absolute atomic E-state index is 2.85. The van der Waals surface area contributed by atoms with E-state index in [0.29, 0.717) is 0 Å². The van der Waals surface area contributed by atoms with E-state index in [1.165, 1.54) is 51.4 Å². The largest absolute Gasteiger partial charge is 0.309 e. The van der Waals surface area contributed by atoms with E-state index in [-0.39, 0.29) is 0 Å². The van der Waals surface area contributed by atoms with Crippen molar-refractivity contribution in [2.24, 2.45) is 0 Å². The fourth-order valence-electron chi connectivity index (χ4n) is 3.31. The molecular formula is C12H26N2Si. The van der Waals surface area contributed by atoms with E-state index in [1.54, 1.807) is 0 Å². The van der Waals surface area contributed by atoms with Crippen LogP contribution in [-0.2, 0) is 0 Å². The number of piperidine rings is 1. The first-order valence-corrected chi connectivity index (χ1v) is 9.77. The average Bonchev–Trinajstić information content (AvgIpc) is 2.58. The Balaban J connectivity index is 1.96. The third kappa shape index (κ3) is 2.45. The number of nitrogens with zero attached hydrogens (tertiary/aromatic N) is 2. The maximum atomic E-state index is 2.85. The first kappa shape index (κ1) is 11.6. The van der Waals surface area contributed by atoms with Gasteiger partial charge in [-0.1, -0.05) is 19.5 Å². The van der Waals surface area contributed by atoms with E-state index in [1.807, 2.05) is 0 Å². The van der Waals surface area contributed by atoms with Gasteiger partial charge in [-0.2, -0.15) is 0 Å². The molecule has 0 aliphatic carbocycles. The highest BCUT2D eigenvalue weighted by Gasteiger charge is 2.38. The number of hydrogen-bond acceptors (Lipinski definition) is 2. The minimum Gasteiger partial charge on any atom is -0.309 e. The monoisotopic (exact) mass is 226 g/mol. The molecule has 0 spiro atoms. The van der Waals surface area contributed by atoms with E-state index in [4.69, 9.17) is 0 Å². The van der Waals surface area contributed by atoms with Crippen molar-refractivity contribution in [1.29, 1.82) is 0 Å². The molecule has 2 nitrogen and oxygen atoms in total. The number of rotatable bonds is 2. The third-order valence-corrected chi connectivity index (χ3v) is 8.06. The normalized spacial score (nSPS) is 30.6. The molecular weight excluding hydrogens is 200 g/mol. The Kier molecular flexibility index (Phi) is 3.53. The molecule has 2 fully saturated rings. The van der Waals surface area contributed by atoms with E-state index in [0.717, 1.165) is 6.17 Å². The summed E-state index contributed by atoms with van der Waals surface area (Å²) in [6.45, 7) is 11.5. The lowest BCUT2D eigenvalue weighted by atomic mass is 10.1. The Morgan fingerprint density at radius 1 is 0.933 bits per heavy atom. The van der Waals surface area contributed by atoms with E-state index < -0.39 is 8.24 Å². The zero-order valence-electron chi connectivity index (χ0n) is 10.6. The van der Waals surface area contributed by atoms with Crippen LogP contribution in [0.5, 0.6) is 0 Å². The van der Waals surface area contributed by atoms with Crippen LogP contribution in [0.2, 0.25) is 19.1 Å². The SMILES string of the molecule is CC(N1CCCCC1)N1CCC[Si]1(C)C. The number of likely N-dealkylation sites (tertiary alicyclic amines) is 1. The highest BCUT2D eigenvalue weighted by molar-refractivity contribution is 6.75. The fraction of sp³-hybridized carbons (Fsp3) is 1.00. The van der Waals surface area contributed by atoms with Gasteiger partial charge in [-0.3, -0.25) is 4.90 Å². The lowest BCUT2D eigenvalue weighted by molar-refractivity contribution is 0.0931. The Hall–Kier alpha value is 0.137. The van der Waals surface area contributed by atoms with Gasteiger partial charge in [-0.05, 0) is 51.9 Å². The second-order valence-corrected chi connectivity index (χ2v) is 10.5. The number of hydrogen-bond donors (Lipinski definition) is 0. The minimum absolute atomic E-state index is 0.717. The van der Waals surface area contributed by atoms with Gasteiger partial charge in [-0.25, -0.2) is 0 Å². The first-order chi connectivity index (χ1) is 7.11. The van der Waals surface area contributed by atoms with Crippen molar-refractivity contribution in [3.05, 3.63) is 0 Å². The van der Waals surface area contributed by atoms with Crippen molar-refractivity contribution in [1.82, 2.24) is 9.47 Å². The summed E-state index contributed by atoms with van der Waals surface area (Å²) in [4.78, 5) is 2.71. The van der Waals surface area contributed by atoms with Crippen molar-refractivity contribution < 1.29 is 0 Å². The van der Waals surface area contributed by atoms with E-state index in [2.05, 4.69) is 29.5 Å². The Morgan fingerprint density at radius 3 is 2.13 bits per heavy atom. The van der Waals surface area contributed by atoms with Crippen molar-refractivity contribution in [3.8, 4) is 0 Å². The average molecular weight is 226 g/mol. The highest BCUT2D eigenvalue weighted by Crippen LogP contribution is 2.29. The van der Waals surface area contributed by atoms with Crippen molar-refractivity contribution in [2.45, 2.75) is 57.9 Å². The Morgan fingerprint density at radius 2 is 1.60 bits per heavy atom. The van der Waals surface area contributed by atoms with Gasteiger partial charge in [0, 0.05) is 0 Å². The molecule has 0 aromatic heterocycles. The predicted molar refractivity (Wildman–Crippen MR) is 68.5 cm³/mol. The molecule has 2 heterocycles. The van der Waals surface area contributed by atoms with E-state index in [9.17, 15) is 0 Å². The first-order valence-electron chi connectivity index (χ1n) is 6.62. The third-order valence-electron chi connectivity index (χ3n) is 4.34. The van der Waals surface area contributed by atoms with E-state index >= 15 is 0 Å². The van der Waals surface area contributed by atoms with Crippen molar-refractivity contribution in [3.63, 3.8) is 0 Å². The summed E-state index contributed by atoms with van der Waals surface area (Å²) in [6, 6.07) is 1.51. The lowest BCUT2D eigenvalue weighted by Gasteiger charge is -2.43. The van der Waals surface area contributed by atoms with Crippen LogP contribution in [0.25, 0.3) is 0 Å². The molecule has 2 saturated heterocycles. The summed E-state index contributed by atoms with van der Waals surface area (Å²) >= 11 is 0. The summed E-state index contributed by atoms with van der Waals surface area (Å²) < 4.78 is 2.85.